The van der Waals surface area contributed by atoms with E-state index in [1.165, 1.54) is 6.07 Å². The molecule has 0 fully saturated rings. The SMILES string of the molecule is Cc1c(N)ccc(=O)n1CCC(C)C. The van der Waals surface area contributed by atoms with E-state index in [0.717, 1.165) is 18.7 Å². The number of rotatable bonds is 3. The number of aromatic nitrogens is 1. The first-order valence-corrected chi connectivity index (χ1v) is 4.98. The van der Waals surface area contributed by atoms with E-state index in [1.807, 2.05) is 6.92 Å². The van der Waals surface area contributed by atoms with Crippen molar-refractivity contribution in [2.24, 2.45) is 5.92 Å². The summed E-state index contributed by atoms with van der Waals surface area (Å²) in [5.41, 5.74) is 7.34. The second kappa shape index (κ2) is 4.31. The fourth-order valence-electron chi connectivity index (χ4n) is 1.36. The van der Waals surface area contributed by atoms with Gasteiger partial charge in [0.15, 0.2) is 0 Å². The fraction of sp³-hybridized carbons (Fsp3) is 0.545. The zero-order valence-electron chi connectivity index (χ0n) is 9.08. The van der Waals surface area contributed by atoms with Crippen molar-refractivity contribution >= 4 is 5.69 Å². The molecule has 1 heterocycles. The first kappa shape index (κ1) is 10.8. The minimum atomic E-state index is 0.0392. The Hall–Kier alpha value is -1.25. The van der Waals surface area contributed by atoms with Gasteiger partial charge in [0.2, 0.25) is 0 Å². The second-order valence-electron chi connectivity index (χ2n) is 4.05. The van der Waals surface area contributed by atoms with Gasteiger partial charge in [-0.3, -0.25) is 4.79 Å². The predicted molar refractivity (Wildman–Crippen MR) is 59.3 cm³/mol. The zero-order chi connectivity index (χ0) is 10.7. The Bertz CT molecular complexity index is 366. The van der Waals surface area contributed by atoms with Crippen LogP contribution in [0.4, 0.5) is 5.69 Å². The van der Waals surface area contributed by atoms with Gasteiger partial charge in [0, 0.05) is 18.3 Å². The van der Waals surface area contributed by atoms with E-state index in [1.54, 1.807) is 10.6 Å². The van der Waals surface area contributed by atoms with Gasteiger partial charge in [-0.1, -0.05) is 13.8 Å². The van der Waals surface area contributed by atoms with E-state index in [9.17, 15) is 4.79 Å². The summed E-state index contributed by atoms with van der Waals surface area (Å²) in [6.07, 6.45) is 1.00. The van der Waals surface area contributed by atoms with E-state index < -0.39 is 0 Å². The summed E-state index contributed by atoms with van der Waals surface area (Å²) in [7, 11) is 0. The molecule has 3 heteroatoms. The summed E-state index contributed by atoms with van der Waals surface area (Å²) in [4.78, 5) is 11.5. The van der Waals surface area contributed by atoms with Gasteiger partial charge in [0.25, 0.3) is 5.56 Å². The van der Waals surface area contributed by atoms with Crippen LogP contribution in [0.15, 0.2) is 16.9 Å². The van der Waals surface area contributed by atoms with Crippen LogP contribution in [0.3, 0.4) is 0 Å². The molecule has 1 aromatic heterocycles. The monoisotopic (exact) mass is 194 g/mol. The standard InChI is InChI=1S/C11H18N2O/c1-8(2)6-7-13-9(3)10(12)4-5-11(13)14/h4-5,8H,6-7,12H2,1-3H3. The smallest absolute Gasteiger partial charge is 0.250 e. The third kappa shape index (κ3) is 2.37. The van der Waals surface area contributed by atoms with Crippen molar-refractivity contribution in [3.63, 3.8) is 0 Å². The maximum absolute atomic E-state index is 11.5. The number of nitrogens with two attached hydrogens (primary N) is 1. The normalized spacial score (nSPS) is 10.9. The molecule has 1 aromatic rings. The van der Waals surface area contributed by atoms with Crippen molar-refractivity contribution in [2.45, 2.75) is 33.7 Å². The van der Waals surface area contributed by atoms with Gasteiger partial charge < -0.3 is 10.3 Å². The number of pyridine rings is 1. The highest BCUT2D eigenvalue weighted by Crippen LogP contribution is 2.08. The molecule has 0 unspecified atom stereocenters. The first-order chi connectivity index (χ1) is 6.52. The molecular weight excluding hydrogens is 176 g/mol. The summed E-state index contributed by atoms with van der Waals surface area (Å²) in [6, 6.07) is 3.20. The highest BCUT2D eigenvalue weighted by atomic mass is 16.1. The molecule has 0 saturated heterocycles. The van der Waals surface area contributed by atoms with Gasteiger partial charge in [-0.2, -0.15) is 0 Å². The van der Waals surface area contributed by atoms with Crippen LogP contribution in [0.1, 0.15) is 26.0 Å². The van der Waals surface area contributed by atoms with Crippen LogP contribution in [-0.2, 0) is 6.54 Å². The van der Waals surface area contributed by atoms with Crippen molar-refractivity contribution in [3.05, 3.63) is 28.2 Å². The van der Waals surface area contributed by atoms with E-state index in [4.69, 9.17) is 5.73 Å². The van der Waals surface area contributed by atoms with Gasteiger partial charge in [0.1, 0.15) is 0 Å². The van der Waals surface area contributed by atoms with Crippen LogP contribution < -0.4 is 11.3 Å². The largest absolute Gasteiger partial charge is 0.397 e. The number of nitrogen functional groups attached to an aromatic ring is 1. The Kier molecular flexibility index (Phi) is 3.33. The molecule has 0 amide bonds. The number of hydrogen-bond acceptors (Lipinski definition) is 2. The molecule has 0 aromatic carbocycles. The highest BCUT2D eigenvalue weighted by Gasteiger charge is 2.03. The molecule has 0 aliphatic carbocycles. The van der Waals surface area contributed by atoms with Gasteiger partial charge in [-0.15, -0.1) is 0 Å². The van der Waals surface area contributed by atoms with Gasteiger partial charge >= 0.3 is 0 Å². The molecule has 0 aliphatic heterocycles. The lowest BCUT2D eigenvalue weighted by molar-refractivity contribution is 0.502. The number of anilines is 1. The van der Waals surface area contributed by atoms with Crippen LogP contribution in [0, 0.1) is 12.8 Å². The molecule has 14 heavy (non-hydrogen) atoms. The molecule has 0 atom stereocenters. The van der Waals surface area contributed by atoms with Crippen molar-refractivity contribution in [2.75, 3.05) is 5.73 Å². The minimum Gasteiger partial charge on any atom is -0.397 e. The Morgan fingerprint density at radius 2 is 2.07 bits per heavy atom. The Morgan fingerprint density at radius 1 is 1.43 bits per heavy atom. The number of hydrogen-bond donors (Lipinski definition) is 1. The van der Waals surface area contributed by atoms with Crippen molar-refractivity contribution in [1.29, 1.82) is 0 Å². The summed E-state index contributed by atoms with van der Waals surface area (Å²) < 4.78 is 1.75. The van der Waals surface area contributed by atoms with E-state index in [0.29, 0.717) is 11.6 Å². The van der Waals surface area contributed by atoms with E-state index in [-0.39, 0.29) is 5.56 Å². The quantitative estimate of drug-likeness (QED) is 0.797. The third-order valence-corrected chi connectivity index (χ3v) is 2.42. The topological polar surface area (TPSA) is 48.0 Å². The molecule has 2 N–H and O–H groups in total. The third-order valence-electron chi connectivity index (χ3n) is 2.42. The van der Waals surface area contributed by atoms with Crippen LogP contribution in [0.5, 0.6) is 0 Å². The molecule has 3 nitrogen and oxygen atoms in total. The molecule has 1 rings (SSSR count). The van der Waals surface area contributed by atoms with Crippen LogP contribution in [-0.4, -0.2) is 4.57 Å². The summed E-state index contributed by atoms with van der Waals surface area (Å²) >= 11 is 0. The maximum atomic E-state index is 11.5. The summed E-state index contributed by atoms with van der Waals surface area (Å²) in [5, 5.41) is 0. The zero-order valence-corrected chi connectivity index (χ0v) is 9.08. The van der Waals surface area contributed by atoms with Crippen molar-refractivity contribution < 1.29 is 0 Å². The molecule has 0 radical (unpaired) electrons. The second-order valence-corrected chi connectivity index (χ2v) is 4.05. The molecule has 0 aliphatic rings. The first-order valence-electron chi connectivity index (χ1n) is 4.98. The predicted octanol–water partition coefficient (Wildman–Crippen LogP) is 1.79. The van der Waals surface area contributed by atoms with Crippen LogP contribution in [0.25, 0.3) is 0 Å². The molecule has 0 saturated carbocycles. The Balaban J connectivity index is 2.95. The average Bonchev–Trinajstić information content (AvgIpc) is 2.11. The maximum Gasteiger partial charge on any atom is 0.250 e. The molecule has 0 spiro atoms. The molecular formula is C11H18N2O. The van der Waals surface area contributed by atoms with Crippen LogP contribution in [0.2, 0.25) is 0 Å². The van der Waals surface area contributed by atoms with Crippen molar-refractivity contribution in [3.8, 4) is 0 Å². The Morgan fingerprint density at radius 3 is 2.64 bits per heavy atom. The Labute approximate surface area is 84.6 Å². The van der Waals surface area contributed by atoms with E-state index >= 15 is 0 Å². The highest BCUT2D eigenvalue weighted by molar-refractivity contribution is 5.41. The minimum absolute atomic E-state index is 0.0392. The average molecular weight is 194 g/mol. The van der Waals surface area contributed by atoms with Gasteiger partial charge in [-0.05, 0) is 25.3 Å². The summed E-state index contributed by atoms with van der Waals surface area (Å²) in [5.74, 6) is 0.600. The van der Waals surface area contributed by atoms with Gasteiger partial charge in [0.05, 0.1) is 5.69 Å². The van der Waals surface area contributed by atoms with Gasteiger partial charge in [-0.25, -0.2) is 0 Å². The molecule has 0 bridgehead atoms. The lowest BCUT2D eigenvalue weighted by atomic mass is 10.1. The lowest BCUT2D eigenvalue weighted by Gasteiger charge is -2.12. The number of nitrogens with zero attached hydrogens (tertiary/aromatic N) is 1. The van der Waals surface area contributed by atoms with Crippen LogP contribution >= 0.6 is 0 Å². The van der Waals surface area contributed by atoms with Crippen molar-refractivity contribution in [1.82, 2.24) is 4.57 Å². The van der Waals surface area contributed by atoms with E-state index in [2.05, 4.69) is 13.8 Å². The lowest BCUT2D eigenvalue weighted by Crippen LogP contribution is -2.23. The molecule has 78 valence electrons. The fourth-order valence-corrected chi connectivity index (χ4v) is 1.36. The summed E-state index contributed by atoms with van der Waals surface area (Å²) in [6.45, 7) is 6.93.